The molecule has 22 nitrogen and oxygen atoms in total. The molecule has 15 atom stereocenters. The fourth-order valence-corrected chi connectivity index (χ4v) is 6.47. The maximum Gasteiger partial charge on any atom is 0.302 e. The van der Waals surface area contributed by atoms with Crippen molar-refractivity contribution in [2.45, 2.75) is 99.0 Å². The van der Waals surface area contributed by atoms with E-state index >= 15 is 0 Å². The Kier molecular flexibility index (Phi) is 12.9. The summed E-state index contributed by atoms with van der Waals surface area (Å²) >= 11 is 0. The smallest absolute Gasteiger partial charge is 0.302 e. The number of phenolic OH excluding ortho intramolecular Hbond substituents is 2. The SMILES string of the molecule is CC(=O)OC[C@H]1O[C@@H](Oc2c(-c3ccc(O)cc3)oc3cc(O[C@@H]4O[C@H](CO)[C@@H](O)[C@H](O)[C@H]4O)cc(O)c3c2=O)[C@H](O[C@@H]2O[C@H](CO)[C@@H](O)[C@H](O)[C@H]2O)[C@@H](O)[C@H]1O. The Morgan fingerprint density at radius 2 is 1.25 bits per heavy atom. The van der Waals surface area contributed by atoms with E-state index < -0.39 is 146 Å². The number of benzene rings is 2. The summed E-state index contributed by atoms with van der Waals surface area (Å²) in [5.41, 5.74) is -1.43. The summed E-state index contributed by atoms with van der Waals surface area (Å²) in [6.07, 6.45) is -27.0. The van der Waals surface area contributed by atoms with Crippen molar-refractivity contribution in [3.05, 3.63) is 46.6 Å². The molecule has 0 unspecified atom stereocenters. The van der Waals surface area contributed by atoms with Crippen molar-refractivity contribution in [3.63, 3.8) is 0 Å². The Bertz CT molecular complexity index is 1920. The summed E-state index contributed by atoms with van der Waals surface area (Å²) in [7, 11) is 0. The fourth-order valence-electron chi connectivity index (χ4n) is 6.47. The lowest BCUT2D eigenvalue weighted by atomic mass is 9.97. The molecule has 4 heterocycles. The number of ether oxygens (including phenoxy) is 7. The second-order valence-corrected chi connectivity index (χ2v) is 13.5. The van der Waals surface area contributed by atoms with E-state index in [-0.39, 0.29) is 22.6 Å². The zero-order chi connectivity index (χ0) is 41.5. The quantitative estimate of drug-likeness (QED) is 0.0813. The summed E-state index contributed by atoms with van der Waals surface area (Å²) in [6, 6.07) is 7.02. The summed E-state index contributed by atoms with van der Waals surface area (Å²) in [4.78, 5) is 26.0. The molecular weight excluding hydrogens is 772 g/mol. The molecule has 22 heteroatoms. The molecule has 3 aliphatic heterocycles. The van der Waals surface area contributed by atoms with Gasteiger partial charge in [0.25, 0.3) is 0 Å². The van der Waals surface area contributed by atoms with Crippen molar-refractivity contribution in [2.75, 3.05) is 19.8 Å². The minimum atomic E-state index is -2.04. The molecular formula is C35H42O22. The first-order chi connectivity index (χ1) is 27.0. The van der Waals surface area contributed by atoms with E-state index in [1.54, 1.807) is 0 Å². The minimum Gasteiger partial charge on any atom is -0.508 e. The topological polar surface area (TPSA) is 355 Å². The molecule has 3 aliphatic rings. The molecule has 314 valence electrons. The highest BCUT2D eigenvalue weighted by atomic mass is 16.8. The molecule has 57 heavy (non-hydrogen) atoms. The average molecular weight is 815 g/mol. The number of rotatable bonds is 11. The van der Waals surface area contributed by atoms with Crippen LogP contribution in [-0.4, -0.2) is 179 Å². The number of aliphatic hydroxyl groups excluding tert-OH is 10. The molecule has 3 aromatic rings. The van der Waals surface area contributed by atoms with Crippen molar-refractivity contribution in [2.24, 2.45) is 0 Å². The van der Waals surface area contributed by atoms with Gasteiger partial charge in [0.05, 0.1) is 13.2 Å². The van der Waals surface area contributed by atoms with Crippen molar-refractivity contribution in [3.8, 4) is 34.3 Å². The van der Waals surface area contributed by atoms with Gasteiger partial charge in [0.1, 0.15) is 102 Å². The third kappa shape index (κ3) is 8.50. The van der Waals surface area contributed by atoms with E-state index in [4.69, 9.17) is 37.6 Å². The monoisotopic (exact) mass is 814 g/mol. The van der Waals surface area contributed by atoms with Crippen LogP contribution in [0, 0.1) is 0 Å². The number of aliphatic hydroxyl groups is 10. The van der Waals surface area contributed by atoms with Crippen LogP contribution in [0.5, 0.6) is 23.0 Å². The first-order valence-corrected chi connectivity index (χ1v) is 17.4. The fraction of sp³-hybridized carbons (Fsp3) is 0.543. The highest BCUT2D eigenvalue weighted by molar-refractivity contribution is 5.88. The number of aromatic hydroxyl groups is 2. The molecule has 0 amide bonds. The van der Waals surface area contributed by atoms with Crippen LogP contribution < -0.4 is 14.9 Å². The van der Waals surface area contributed by atoms with Gasteiger partial charge in [-0.05, 0) is 24.3 Å². The average Bonchev–Trinajstić information content (AvgIpc) is 3.18. The highest BCUT2D eigenvalue weighted by Gasteiger charge is 2.52. The van der Waals surface area contributed by atoms with Gasteiger partial charge in [-0.3, -0.25) is 9.59 Å². The zero-order valence-corrected chi connectivity index (χ0v) is 29.7. The second kappa shape index (κ2) is 17.3. The molecule has 2 aromatic carbocycles. The third-order valence-electron chi connectivity index (χ3n) is 9.61. The van der Waals surface area contributed by atoms with Crippen LogP contribution in [0.15, 0.2) is 45.6 Å². The normalized spacial score (nSPS) is 35.8. The van der Waals surface area contributed by atoms with Crippen molar-refractivity contribution in [1.82, 2.24) is 0 Å². The first-order valence-electron chi connectivity index (χ1n) is 17.4. The number of carbonyl (C=O) groups excluding carboxylic acids is 1. The van der Waals surface area contributed by atoms with Crippen LogP contribution in [0.3, 0.4) is 0 Å². The summed E-state index contributed by atoms with van der Waals surface area (Å²) in [5.74, 6) is -3.26. The van der Waals surface area contributed by atoms with Crippen LogP contribution >= 0.6 is 0 Å². The largest absolute Gasteiger partial charge is 0.508 e. The molecule has 12 N–H and O–H groups in total. The molecule has 0 bridgehead atoms. The second-order valence-electron chi connectivity index (χ2n) is 13.5. The Morgan fingerprint density at radius 3 is 1.84 bits per heavy atom. The molecule has 1 aromatic heterocycles. The van der Waals surface area contributed by atoms with Gasteiger partial charge in [-0.25, -0.2) is 0 Å². The molecule has 6 rings (SSSR count). The van der Waals surface area contributed by atoms with Gasteiger partial charge < -0.3 is 98.9 Å². The lowest BCUT2D eigenvalue weighted by Gasteiger charge is -2.45. The van der Waals surface area contributed by atoms with Crippen molar-refractivity contribution < 1.29 is 104 Å². The van der Waals surface area contributed by atoms with Gasteiger partial charge in [0.2, 0.25) is 23.8 Å². The summed E-state index contributed by atoms with van der Waals surface area (Å²) in [6.45, 7) is -1.22. The van der Waals surface area contributed by atoms with Crippen LogP contribution in [0.4, 0.5) is 0 Å². The van der Waals surface area contributed by atoms with E-state index in [2.05, 4.69) is 0 Å². The van der Waals surface area contributed by atoms with Gasteiger partial charge >= 0.3 is 5.97 Å². The number of fused-ring (bicyclic) bond motifs is 1. The number of esters is 1. The molecule has 3 fully saturated rings. The lowest BCUT2D eigenvalue weighted by Crippen LogP contribution is -2.65. The molecule has 0 aliphatic carbocycles. The summed E-state index contributed by atoms with van der Waals surface area (Å²) in [5, 5.41) is 124. The van der Waals surface area contributed by atoms with Crippen LogP contribution in [0.1, 0.15) is 6.92 Å². The van der Waals surface area contributed by atoms with E-state index in [0.29, 0.717) is 0 Å². The van der Waals surface area contributed by atoms with Gasteiger partial charge in [0, 0.05) is 24.6 Å². The predicted octanol–water partition coefficient (Wildman–Crippen LogP) is -4.38. The summed E-state index contributed by atoms with van der Waals surface area (Å²) < 4.78 is 45.0. The Labute approximate surface area is 320 Å². The Balaban J connectivity index is 1.42. The maximum atomic E-state index is 14.3. The van der Waals surface area contributed by atoms with E-state index in [0.717, 1.165) is 19.1 Å². The van der Waals surface area contributed by atoms with Crippen molar-refractivity contribution >= 4 is 16.9 Å². The number of hydrogen-bond acceptors (Lipinski definition) is 22. The number of phenols is 2. The van der Waals surface area contributed by atoms with Crippen LogP contribution in [-0.2, 0) is 28.5 Å². The predicted molar refractivity (Wildman–Crippen MR) is 182 cm³/mol. The first kappa shape index (κ1) is 42.4. The standard InChI is InChI=1S/C35H42O22/c1-11(38)50-10-19-23(43)27(47)32(57-34-29(49)26(46)22(42)18(9-37)54-34)35(55-19)56-31-24(44)20-15(40)6-14(51-33-28(48)25(45)21(41)17(8-36)53-33)7-16(20)52-30(31)12-2-4-13(39)5-3-12/h2-7,17-19,21-23,25-29,32-37,39-43,45-49H,8-10H2,1H3/t17-,18-,19-,21-,22-,23+,25+,26+,27+,28-,29-,32-,33-,34+,35+/m1/s1. The molecule has 3 saturated heterocycles. The molecule has 0 saturated carbocycles. The third-order valence-corrected chi connectivity index (χ3v) is 9.61. The van der Waals surface area contributed by atoms with E-state index in [1.165, 1.54) is 24.3 Å². The lowest BCUT2D eigenvalue weighted by molar-refractivity contribution is -0.358. The van der Waals surface area contributed by atoms with Gasteiger partial charge in [-0.2, -0.15) is 0 Å². The molecule has 0 spiro atoms. The van der Waals surface area contributed by atoms with Crippen molar-refractivity contribution in [1.29, 1.82) is 0 Å². The number of carbonyl (C=O) groups is 1. The van der Waals surface area contributed by atoms with Gasteiger partial charge in [-0.1, -0.05) is 0 Å². The van der Waals surface area contributed by atoms with E-state index in [1.807, 2.05) is 0 Å². The minimum absolute atomic E-state index is 0.0563. The van der Waals surface area contributed by atoms with Gasteiger partial charge in [-0.15, -0.1) is 0 Å². The van der Waals surface area contributed by atoms with Gasteiger partial charge in [0.15, 0.2) is 18.2 Å². The van der Waals surface area contributed by atoms with Crippen LogP contribution in [0.25, 0.3) is 22.3 Å². The molecule has 0 radical (unpaired) electrons. The zero-order valence-electron chi connectivity index (χ0n) is 29.7. The Morgan fingerprint density at radius 1 is 0.684 bits per heavy atom. The van der Waals surface area contributed by atoms with E-state index in [9.17, 15) is 70.9 Å². The maximum absolute atomic E-state index is 14.3. The Hall–Kier alpha value is -4.24. The number of hydrogen-bond donors (Lipinski definition) is 12. The van der Waals surface area contributed by atoms with Crippen LogP contribution in [0.2, 0.25) is 0 Å². The highest BCUT2D eigenvalue weighted by Crippen LogP contribution is 2.39.